The molecule has 0 bridgehead atoms. The van der Waals surface area contributed by atoms with Crippen molar-refractivity contribution in [1.29, 1.82) is 0 Å². The Kier molecular flexibility index (Phi) is 3.68. The highest BCUT2D eigenvalue weighted by molar-refractivity contribution is 5.68. The van der Waals surface area contributed by atoms with Crippen LogP contribution in [-0.2, 0) is 12.8 Å². The highest BCUT2D eigenvalue weighted by Crippen LogP contribution is 2.28. The summed E-state index contributed by atoms with van der Waals surface area (Å²) in [6.45, 7) is 0. The monoisotopic (exact) mass is 271 g/mol. The highest BCUT2D eigenvalue weighted by Gasteiger charge is 2.14. The maximum atomic E-state index is 13.4. The van der Waals surface area contributed by atoms with Crippen molar-refractivity contribution in [3.63, 3.8) is 0 Å². The summed E-state index contributed by atoms with van der Waals surface area (Å²) < 4.78 is 13.4. The Morgan fingerprint density at radius 1 is 1.00 bits per heavy atom. The Morgan fingerprint density at radius 3 is 2.60 bits per heavy atom. The molecule has 0 atom stereocenters. The van der Waals surface area contributed by atoms with Gasteiger partial charge in [0.25, 0.3) is 0 Å². The summed E-state index contributed by atoms with van der Waals surface area (Å²) in [5.74, 6) is -0.262. The van der Waals surface area contributed by atoms with Crippen LogP contribution in [0.1, 0.15) is 36.9 Å². The van der Waals surface area contributed by atoms with Crippen molar-refractivity contribution in [3.05, 3.63) is 57.8 Å². The molecular weight excluding hydrogens is 253 g/mol. The van der Waals surface area contributed by atoms with E-state index in [0.29, 0.717) is 0 Å². The molecule has 1 aliphatic carbocycles. The van der Waals surface area contributed by atoms with Crippen LogP contribution in [0.15, 0.2) is 35.1 Å². The van der Waals surface area contributed by atoms with Gasteiger partial charge in [-0.3, -0.25) is 4.79 Å². The van der Waals surface area contributed by atoms with E-state index in [4.69, 9.17) is 0 Å². The zero-order valence-electron chi connectivity index (χ0n) is 11.4. The number of aryl methyl sites for hydroxylation is 1. The maximum Gasteiger partial charge on any atom is 0.248 e. The molecule has 1 aromatic carbocycles. The molecule has 3 rings (SSSR count). The van der Waals surface area contributed by atoms with Gasteiger partial charge in [0.15, 0.2) is 0 Å². The lowest BCUT2D eigenvalue weighted by atomic mass is 9.91. The normalized spacial score (nSPS) is 15.2. The van der Waals surface area contributed by atoms with Gasteiger partial charge in [0.1, 0.15) is 5.82 Å². The fraction of sp³-hybridized carbons (Fsp3) is 0.353. The zero-order valence-corrected chi connectivity index (χ0v) is 11.4. The van der Waals surface area contributed by atoms with Gasteiger partial charge in [-0.05, 0) is 54.5 Å². The summed E-state index contributed by atoms with van der Waals surface area (Å²) in [6, 6.07) is 8.11. The lowest BCUT2D eigenvalue weighted by molar-refractivity contribution is 0.608. The van der Waals surface area contributed by atoms with E-state index in [-0.39, 0.29) is 11.4 Å². The molecule has 1 N–H and O–H groups in total. The topological polar surface area (TPSA) is 32.9 Å². The van der Waals surface area contributed by atoms with Crippen LogP contribution in [0.5, 0.6) is 0 Å². The minimum Gasteiger partial charge on any atom is -0.326 e. The molecule has 0 aliphatic heterocycles. The molecule has 0 amide bonds. The second kappa shape index (κ2) is 5.61. The van der Waals surface area contributed by atoms with Crippen molar-refractivity contribution in [2.75, 3.05) is 0 Å². The Morgan fingerprint density at radius 2 is 1.80 bits per heavy atom. The van der Waals surface area contributed by atoms with Crippen molar-refractivity contribution in [2.45, 2.75) is 38.5 Å². The van der Waals surface area contributed by atoms with Gasteiger partial charge >= 0.3 is 0 Å². The predicted octanol–water partition coefficient (Wildman–Crippen LogP) is 3.84. The van der Waals surface area contributed by atoms with Crippen LogP contribution >= 0.6 is 0 Å². The first-order valence-corrected chi connectivity index (χ1v) is 7.25. The number of rotatable bonds is 1. The minimum absolute atomic E-state index is 0.0939. The first-order valence-electron chi connectivity index (χ1n) is 7.25. The van der Waals surface area contributed by atoms with E-state index in [1.165, 1.54) is 30.5 Å². The summed E-state index contributed by atoms with van der Waals surface area (Å²) >= 11 is 0. The largest absolute Gasteiger partial charge is 0.326 e. The second-order valence-electron chi connectivity index (χ2n) is 5.43. The van der Waals surface area contributed by atoms with Gasteiger partial charge in [-0.1, -0.05) is 25.0 Å². The number of hydrogen-bond donors (Lipinski definition) is 1. The second-order valence-corrected chi connectivity index (χ2v) is 5.43. The van der Waals surface area contributed by atoms with Crippen molar-refractivity contribution in [3.8, 4) is 11.1 Å². The lowest BCUT2D eigenvalue weighted by Gasteiger charge is -2.17. The fourth-order valence-corrected chi connectivity index (χ4v) is 3.01. The standard InChI is InChI=1S/C17H18FNO/c18-13-7-5-6-12(10-13)15-11-17(20)19-16-9-4-2-1-3-8-14(15)16/h5-7,10-11H,1-4,8-9H2,(H,19,20). The summed E-state index contributed by atoms with van der Waals surface area (Å²) in [7, 11) is 0. The van der Waals surface area contributed by atoms with Crippen molar-refractivity contribution >= 4 is 0 Å². The first-order chi connectivity index (χ1) is 9.74. The number of pyridine rings is 1. The molecule has 1 aliphatic rings. The van der Waals surface area contributed by atoms with Crippen LogP contribution in [0.2, 0.25) is 0 Å². The van der Waals surface area contributed by atoms with Crippen LogP contribution in [-0.4, -0.2) is 4.98 Å². The SMILES string of the molecule is O=c1cc(-c2cccc(F)c2)c2c([nH]1)CCCCCC2. The van der Waals surface area contributed by atoms with Gasteiger partial charge in [-0.2, -0.15) is 0 Å². The summed E-state index contributed by atoms with van der Waals surface area (Å²) in [4.78, 5) is 14.8. The van der Waals surface area contributed by atoms with Gasteiger partial charge in [-0.15, -0.1) is 0 Å². The molecule has 0 unspecified atom stereocenters. The molecule has 3 heteroatoms. The number of aromatic amines is 1. The van der Waals surface area contributed by atoms with Gasteiger partial charge in [-0.25, -0.2) is 4.39 Å². The summed E-state index contributed by atoms with van der Waals surface area (Å²) in [5.41, 5.74) is 3.83. The lowest BCUT2D eigenvalue weighted by Crippen LogP contribution is -2.14. The molecule has 2 aromatic rings. The molecule has 0 saturated heterocycles. The van der Waals surface area contributed by atoms with E-state index < -0.39 is 0 Å². The summed E-state index contributed by atoms with van der Waals surface area (Å²) in [5, 5.41) is 0. The van der Waals surface area contributed by atoms with Crippen molar-refractivity contribution in [1.82, 2.24) is 4.98 Å². The number of nitrogens with one attached hydrogen (secondary N) is 1. The Hall–Kier alpha value is -1.90. The van der Waals surface area contributed by atoms with E-state index in [2.05, 4.69) is 4.98 Å². The minimum atomic E-state index is -0.262. The van der Waals surface area contributed by atoms with E-state index in [9.17, 15) is 9.18 Å². The van der Waals surface area contributed by atoms with Crippen LogP contribution in [0.4, 0.5) is 4.39 Å². The number of aromatic nitrogens is 1. The Bertz CT molecular complexity index is 675. The smallest absolute Gasteiger partial charge is 0.248 e. The van der Waals surface area contributed by atoms with Gasteiger partial charge in [0.05, 0.1) is 0 Å². The molecular formula is C17H18FNO. The molecule has 20 heavy (non-hydrogen) atoms. The van der Waals surface area contributed by atoms with Crippen molar-refractivity contribution in [2.24, 2.45) is 0 Å². The van der Waals surface area contributed by atoms with E-state index in [0.717, 1.165) is 42.5 Å². The molecule has 0 saturated carbocycles. The molecule has 1 heterocycles. The number of hydrogen-bond acceptors (Lipinski definition) is 1. The van der Waals surface area contributed by atoms with E-state index in [1.54, 1.807) is 12.1 Å². The number of benzene rings is 1. The number of fused-ring (bicyclic) bond motifs is 1. The molecule has 0 fully saturated rings. The molecule has 104 valence electrons. The average molecular weight is 271 g/mol. The van der Waals surface area contributed by atoms with Crippen molar-refractivity contribution < 1.29 is 4.39 Å². The average Bonchev–Trinajstić information content (AvgIpc) is 2.40. The van der Waals surface area contributed by atoms with E-state index in [1.807, 2.05) is 6.07 Å². The van der Waals surface area contributed by atoms with Gasteiger partial charge in [0, 0.05) is 11.8 Å². The zero-order chi connectivity index (χ0) is 13.9. The quantitative estimate of drug-likeness (QED) is 0.839. The maximum absolute atomic E-state index is 13.4. The third kappa shape index (κ3) is 2.67. The predicted molar refractivity (Wildman–Crippen MR) is 78.3 cm³/mol. The molecule has 0 radical (unpaired) electrons. The third-order valence-corrected chi connectivity index (χ3v) is 3.98. The fourth-order valence-electron chi connectivity index (χ4n) is 3.01. The van der Waals surface area contributed by atoms with Gasteiger partial charge < -0.3 is 4.98 Å². The van der Waals surface area contributed by atoms with Crippen LogP contribution in [0.25, 0.3) is 11.1 Å². The van der Waals surface area contributed by atoms with Crippen LogP contribution in [0.3, 0.4) is 0 Å². The summed E-state index contributed by atoms with van der Waals surface area (Å²) in [6.07, 6.45) is 6.54. The van der Waals surface area contributed by atoms with Gasteiger partial charge in [0.2, 0.25) is 5.56 Å². The van der Waals surface area contributed by atoms with Crippen LogP contribution in [0, 0.1) is 5.82 Å². The number of halogens is 1. The van der Waals surface area contributed by atoms with E-state index >= 15 is 0 Å². The Balaban J connectivity index is 2.16. The number of H-pyrrole nitrogens is 1. The van der Waals surface area contributed by atoms with Crippen LogP contribution < -0.4 is 5.56 Å². The highest BCUT2D eigenvalue weighted by atomic mass is 19.1. The first kappa shape index (κ1) is 13.1. The molecule has 0 spiro atoms. The molecule has 1 aromatic heterocycles. The Labute approximate surface area is 117 Å². The molecule has 2 nitrogen and oxygen atoms in total. The third-order valence-electron chi connectivity index (χ3n) is 3.98.